The molecule has 2 heterocycles. The van der Waals surface area contributed by atoms with Crippen LogP contribution in [0.5, 0.6) is 0 Å². The minimum atomic E-state index is 0.544. The van der Waals surface area contributed by atoms with Crippen LogP contribution in [0.1, 0.15) is 0 Å². The lowest BCUT2D eigenvalue weighted by Crippen LogP contribution is -2.10. The monoisotopic (exact) mass is 641 g/mol. The number of hydrogen-bond acceptors (Lipinski definition) is 4. The highest BCUT2D eigenvalue weighted by atomic mass is 16.3. The molecule has 0 saturated heterocycles. The van der Waals surface area contributed by atoms with Crippen molar-refractivity contribution < 1.29 is 4.42 Å². The van der Waals surface area contributed by atoms with E-state index in [0.717, 1.165) is 66.9 Å². The van der Waals surface area contributed by atoms with E-state index in [4.69, 9.17) is 9.40 Å². The van der Waals surface area contributed by atoms with Gasteiger partial charge in [0, 0.05) is 34.2 Å². The zero-order chi connectivity index (χ0) is 33.3. The molecular weight excluding hydrogens is 611 g/mol. The van der Waals surface area contributed by atoms with E-state index >= 15 is 0 Å². The number of nitrogens with zero attached hydrogens (tertiary/aromatic N) is 3. The third-order valence-electron chi connectivity index (χ3n) is 9.11. The smallest absolute Gasteiger partial charge is 0.227 e. The third-order valence-corrected chi connectivity index (χ3v) is 9.11. The first-order valence-corrected chi connectivity index (χ1v) is 16.7. The summed E-state index contributed by atoms with van der Waals surface area (Å²) in [5.74, 6) is 0.544. The van der Waals surface area contributed by atoms with Crippen molar-refractivity contribution in [3.8, 4) is 44.8 Å². The number of hydrogen-bond donors (Lipinski definition) is 0. The van der Waals surface area contributed by atoms with Crippen molar-refractivity contribution in [2.75, 3.05) is 4.90 Å². The summed E-state index contributed by atoms with van der Waals surface area (Å²) in [6.45, 7) is 0. The average Bonchev–Trinajstić information content (AvgIpc) is 3.65. The molecule has 0 aliphatic rings. The zero-order valence-corrected chi connectivity index (χ0v) is 27.1. The molecule has 9 aromatic rings. The Morgan fingerprint density at radius 2 is 1.04 bits per heavy atom. The van der Waals surface area contributed by atoms with Crippen LogP contribution in [0.25, 0.3) is 66.8 Å². The van der Waals surface area contributed by atoms with Gasteiger partial charge in [0.05, 0.1) is 5.52 Å². The second kappa shape index (κ2) is 12.7. The van der Waals surface area contributed by atoms with Crippen LogP contribution in [0.4, 0.5) is 17.1 Å². The highest BCUT2D eigenvalue weighted by Crippen LogP contribution is 2.43. The first-order chi connectivity index (χ1) is 24.8. The van der Waals surface area contributed by atoms with Crippen LogP contribution in [-0.4, -0.2) is 9.97 Å². The maximum absolute atomic E-state index is 6.54. The van der Waals surface area contributed by atoms with Crippen LogP contribution < -0.4 is 4.90 Å². The molecule has 0 saturated carbocycles. The molecule has 9 rings (SSSR count). The zero-order valence-electron chi connectivity index (χ0n) is 27.1. The van der Waals surface area contributed by atoms with Crippen molar-refractivity contribution in [1.29, 1.82) is 0 Å². The lowest BCUT2D eigenvalue weighted by atomic mass is 9.90. The summed E-state index contributed by atoms with van der Waals surface area (Å²) in [6.07, 6.45) is 1.80. The molecule has 2 aromatic heterocycles. The maximum atomic E-state index is 6.54. The fourth-order valence-corrected chi connectivity index (χ4v) is 6.74. The van der Waals surface area contributed by atoms with Gasteiger partial charge in [-0.3, -0.25) is 4.98 Å². The Balaban J connectivity index is 1.33. The molecule has 4 nitrogen and oxygen atoms in total. The van der Waals surface area contributed by atoms with Gasteiger partial charge in [-0.2, -0.15) is 0 Å². The van der Waals surface area contributed by atoms with E-state index in [-0.39, 0.29) is 0 Å². The molecule has 0 spiro atoms. The van der Waals surface area contributed by atoms with Gasteiger partial charge >= 0.3 is 0 Å². The molecule has 0 fully saturated rings. The first-order valence-electron chi connectivity index (χ1n) is 16.7. The van der Waals surface area contributed by atoms with Crippen molar-refractivity contribution in [1.82, 2.24) is 9.97 Å². The van der Waals surface area contributed by atoms with Crippen molar-refractivity contribution in [3.05, 3.63) is 188 Å². The molecule has 0 atom stereocenters. The van der Waals surface area contributed by atoms with Crippen molar-refractivity contribution in [3.63, 3.8) is 0 Å². The molecule has 0 aliphatic carbocycles. The molecule has 0 amide bonds. The number of pyridine rings is 1. The second-order valence-corrected chi connectivity index (χ2v) is 12.3. The van der Waals surface area contributed by atoms with Gasteiger partial charge in [0.1, 0.15) is 5.52 Å². The summed E-state index contributed by atoms with van der Waals surface area (Å²) in [5, 5.41) is 1.03. The van der Waals surface area contributed by atoms with E-state index in [1.807, 2.05) is 30.3 Å². The Morgan fingerprint density at radius 1 is 0.400 bits per heavy atom. The maximum Gasteiger partial charge on any atom is 0.227 e. The molecule has 7 aromatic carbocycles. The van der Waals surface area contributed by atoms with Crippen LogP contribution in [0.3, 0.4) is 0 Å². The highest BCUT2D eigenvalue weighted by Gasteiger charge is 2.20. The SMILES string of the molecule is c1ccc(-c2ccc(-c3ccccc3)c(-c3cc(-c4nc5c(ccc6cccnc65)o4)cc(N(c4ccccc4)c4ccccc4)c3)c2)cc1. The molecule has 50 heavy (non-hydrogen) atoms. The van der Waals surface area contributed by atoms with E-state index in [9.17, 15) is 0 Å². The fourth-order valence-electron chi connectivity index (χ4n) is 6.74. The number of anilines is 3. The van der Waals surface area contributed by atoms with Crippen LogP contribution in [0, 0.1) is 0 Å². The number of aromatic nitrogens is 2. The Hall–Kier alpha value is -6.78. The predicted molar refractivity (Wildman–Crippen MR) is 206 cm³/mol. The summed E-state index contributed by atoms with van der Waals surface area (Å²) in [6, 6.07) is 63.5. The van der Waals surface area contributed by atoms with E-state index < -0.39 is 0 Å². The van der Waals surface area contributed by atoms with Gasteiger partial charge in [0.15, 0.2) is 5.58 Å². The van der Waals surface area contributed by atoms with Gasteiger partial charge < -0.3 is 9.32 Å². The fraction of sp³-hybridized carbons (Fsp3) is 0. The topological polar surface area (TPSA) is 42.2 Å². The largest absolute Gasteiger partial charge is 0.436 e. The number of benzene rings is 7. The standard InChI is InChI=1S/C46H31N3O/c1-5-14-32(15-6-1)35-23-25-41(33-16-7-2-8-17-33)42(31-35)36-28-37(46-48-45-43(50-46)26-24-34-18-13-27-47-44(34)45)30-40(29-36)49(38-19-9-3-10-20-38)39-21-11-4-12-22-39/h1-31H. The van der Waals surface area contributed by atoms with Crippen molar-refractivity contribution >= 4 is 39.1 Å². The average molecular weight is 642 g/mol. The highest BCUT2D eigenvalue weighted by molar-refractivity contribution is 6.01. The van der Waals surface area contributed by atoms with Crippen molar-refractivity contribution in [2.24, 2.45) is 0 Å². The van der Waals surface area contributed by atoms with Gasteiger partial charge in [-0.25, -0.2) is 4.98 Å². The number of rotatable bonds is 7. The third kappa shape index (κ3) is 5.49. The second-order valence-electron chi connectivity index (χ2n) is 12.3. The molecule has 0 unspecified atom stereocenters. The number of oxazole rings is 1. The summed E-state index contributed by atoms with van der Waals surface area (Å²) in [4.78, 5) is 12.0. The number of para-hydroxylation sites is 2. The van der Waals surface area contributed by atoms with Crippen LogP contribution >= 0.6 is 0 Å². The molecule has 0 radical (unpaired) electrons. The summed E-state index contributed by atoms with van der Waals surface area (Å²) in [5.41, 5.74) is 13.0. The molecule has 0 aliphatic heterocycles. The van der Waals surface area contributed by atoms with Gasteiger partial charge in [-0.05, 0) is 100 Å². The predicted octanol–water partition coefficient (Wildman–Crippen LogP) is 12.5. The molecule has 0 N–H and O–H groups in total. The minimum Gasteiger partial charge on any atom is -0.436 e. The van der Waals surface area contributed by atoms with Crippen LogP contribution in [0.2, 0.25) is 0 Å². The van der Waals surface area contributed by atoms with E-state index in [0.29, 0.717) is 11.5 Å². The van der Waals surface area contributed by atoms with Gasteiger partial charge in [0.2, 0.25) is 5.89 Å². The van der Waals surface area contributed by atoms with Gasteiger partial charge in [-0.15, -0.1) is 0 Å². The Kier molecular flexibility index (Phi) is 7.45. The van der Waals surface area contributed by atoms with Gasteiger partial charge in [-0.1, -0.05) is 115 Å². The molecule has 236 valence electrons. The number of fused-ring (bicyclic) bond motifs is 3. The quantitative estimate of drug-likeness (QED) is 0.174. The first kappa shape index (κ1) is 29.4. The summed E-state index contributed by atoms with van der Waals surface area (Å²) >= 11 is 0. The van der Waals surface area contributed by atoms with Gasteiger partial charge in [0.25, 0.3) is 0 Å². The normalized spacial score (nSPS) is 11.2. The Morgan fingerprint density at radius 3 is 1.74 bits per heavy atom. The molecule has 4 heteroatoms. The van der Waals surface area contributed by atoms with E-state index in [2.05, 4.69) is 162 Å². The summed E-state index contributed by atoms with van der Waals surface area (Å²) in [7, 11) is 0. The van der Waals surface area contributed by atoms with Crippen molar-refractivity contribution in [2.45, 2.75) is 0 Å². The van der Waals surface area contributed by atoms with E-state index in [1.165, 1.54) is 5.56 Å². The Labute approximate surface area is 290 Å². The lowest BCUT2D eigenvalue weighted by molar-refractivity contribution is 0.620. The van der Waals surface area contributed by atoms with Crippen LogP contribution in [-0.2, 0) is 0 Å². The summed E-state index contributed by atoms with van der Waals surface area (Å²) < 4.78 is 6.54. The molecule has 0 bridgehead atoms. The molecular formula is C46H31N3O. The van der Waals surface area contributed by atoms with E-state index in [1.54, 1.807) is 6.20 Å². The Bertz CT molecular complexity index is 2540. The minimum absolute atomic E-state index is 0.544. The van der Waals surface area contributed by atoms with Crippen LogP contribution in [0.15, 0.2) is 193 Å². The lowest BCUT2D eigenvalue weighted by Gasteiger charge is -2.26.